The Kier molecular flexibility index (Phi) is 37.7. The van der Waals surface area contributed by atoms with Gasteiger partial charge in [0.25, 0.3) is 0 Å². The van der Waals surface area contributed by atoms with Crippen LogP contribution in [-0.2, 0) is 13.0 Å². The number of rotatable bonds is 13. The normalized spacial score (nSPS) is 10.8. The Labute approximate surface area is 890 Å². The lowest BCUT2D eigenvalue weighted by Gasteiger charge is -2.31. The Bertz CT molecular complexity index is 7800. The van der Waals surface area contributed by atoms with Crippen molar-refractivity contribution in [3.8, 4) is 28.3 Å². The molecule has 4 heterocycles. The highest BCUT2D eigenvalue weighted by molar-refractivity contribution is 8.00. The number of hydrogen-bond acceptors (Lipinski definition) is 8. The Hall–Kier alpha value is -17.4. The molecule has 0 N–H and O–H groups in total. The van der Waals surface area contributed by atoms with Gasteiger partial charge in [0.2, 0.25) is 0 Å². The smallest absolute Gasteiger partial charge is 0.119 e. The molecule has 10 heteroatoms. The van der Waals surface area contributed by atoms with E-state index >= 15 is 0 Å². The van der Waals surface area contributed by atoms with E-state index in [9.17, 15) is 0 Å². The van der Waals surface area contributed by atoms with Crippen molar-refractivity contribution in [3.05, 3.63) is 606 Å². The molecule has 7 nitrogen and oxygen atoms in total. The zero-order valence-corrected chi connectivity index (χ0v) is 87.1. The summed E-state index contributed by atoms with van der Waals surface area (Å²) in [5, 5.41) is 10.7. The van der Waals surface area contributed by atoms with Gasteiger partial charge in [-0.15, -0.1) is 11.3 Å². The van der Waals surface area contributed by atoms with E-state index in [1.54, 1.807) is 26.0 Å². The molecular weight excluding hydrogens is 1870 g/mol. The number of para-hydroxylation sites is 12. The van der Waals surface area contributed by atoms with Crippen molar-refractivity contribution in [2.75, 3.05) is 42.0 Å². The molecule has 3 aromatic heterocycles. The summed E-state index contributed by atoms with van der Waals surface area (Å²) in [7, 11) is 3.28. The highest BCUT2D eigenvalue weighted by Crippen LogP contribution is 2.48. The molecule has 22 aromatic carbocycles. The van der Waals surface area contributed by atoms with E-state index in [4.69, 9.17) is 9.47 Å². The van der Waals surface area contributed by atoms with Gasteiger partial charge in [-0.25, -0.2) is 0 Å². The molecule has 732 valence electrons. The maximum Gasteiger partial charge on any atom is 0.119 e. The maximum atomic E-state index is 4.96. The Morgan fingerprint density at radius 3 is 0.893 bits per heavy atom. The predicted molar refractivity (Wildman–Crippen MR) is 643 cm³/mol. The predicted octanol–water partition coefficient (Wildman–Crippen LogP) is 39.3. The van der Waals surface area contributed by atoms with Crippen LogP contribution < -0.4 is 24.2 Å². The molecule has 1 aliphatic heterocycles. The fourth-order valence-electron chi connectivity index (χ4n) is 18.2. The topological polar surface area (TPSA) is 38.0 Å². The molecule has 1 aliphatic carbocycles. The molecule has 0 spiro atoms. The van der Waals surface area contributed by atoms with Crippen molar-refractivity contribution in [2.45, 2.75) is 53.3 Å². The number of thiophene rings is 1. The summed E-state index contributed by atoms with van der Waals surface area (Å²) >= 11 is 5.51. The molecule has 0 unspecified atom stereocenters. The van der Waals surface area contributed by atoms with Gasteiger partial charge in [0.05, 0.1) is 36.6 Å². The van der Waals surface area contributed by atoms with Crippen LogP contribution in [0.15, 0.2) is 614 Å². The minimum absolute atomic E-state index is 0.848. The number of hydrogen-bond donors (Lipinski definition) is 0. The van der Waals surface area contributed by atoms with E-state index in [2.05, 4.69) is 536 Å². The van der Waals surface area contributed by atoms with Crippen LogP contribution in [0.25, 0.3) is 91.4 Å². The summed E-state index contributed by atoms with van der Waals surface area (Å²) in [6.45, 7) is 9.57. The second-order valence-electron chi connectivity index (χ2n) is 34.7. The Morgan fingerprint density at radius 2 is 0.537 bits per heavy atom. The number of methoxy groups -OCH3 is 2. The van der Waals surface area contributed by atoms with Gasteiger partial charge in [0, 0.05) is 126 Å². The van der Waals surface area contributed by atoms with Gasteiger partial charge in [-0.3, -0.25) is 0 Å². The summed E-state index contributed by atoms with van der Waals surface area (Å²) < 4.78 is 17.4. The van der Waals surface area contributed by atoms with Crippen LogP contribution in [0.4, 0.5) is 39.8 Å². The third-order valence-corrected chi connectivity index (χ3v) is 28.6. The largest absolute Gasteiger partial charge is 0.497 e. The van der Waals surface area contributed by atoms with Gasteiger partial charge in [-0.05, 0) is 242 Å². The molecule has 0 fully saturated rings. The molecule has 0 bridgehead atoms. The van der Waals surface area contributed by atoms with Crippen LogP contribution in [0.5, 0.6) is 11.5 Å². The minimum atomic E-state index is 0.848. The summed E-state index contributed by atoms with van der Waals surface area (Å²) in [5.74, 6) is 1.70. The molecule has 149 heavy (non-hydrogen) atoms. The second-order valence-corrected chi connectivity index (χ2v) is 38.0. The van der Waals surface area contributed by atoms with Gasteiger partial charge < -0.3 is 33.3 Å². The first-order chi connectivity index (χ1) is 73.8. The lowest BCUT2D eigenvalue weighted by atomic mass is 10.1. The van der Waals surface area contributed by atoms with Crippen LogP contribution >= 0.6 is 34.9 Å². The van der Waals surface area contributed by atoms with Gasteiger partial charge in [0.1, 0.15) is 11.5 Å². The van der Waals surface area contributed by atoms with Crippen molar-refractivity contribution in [1.29, 1.82) is 0 Å². The lowest BCUT2D eigenvalue weighted by molar-refractivity contribution is 0.403. The minimum Gasteiger partial charge on any atom is -0.497 e. The molecule has 2 aliphatic rings. The molecule has 0 saturated carbocycles. The van der Waals surface area contributed by atoms with Crippen molar-refractivity contribution in [2.24, 2.45) is 0 Å². The Morgan fingerprint density at radius 1 is 0.255 bits per heavy atom. The summed E-state index contributed by atoms with van der Waals surface area (Å²) in [5.41, 5.74) is 20.8. The molecule has 0 atom stereocenters. The van der Waals surface area contributed by atoms with Gasteiger partial charge in [-0.2, -0.15) is 0 Å². The number of benzene rings is 22. The summed E-state index contributed by atoms with van der Waals surface area (Å²) in [6.07, 6.45) is 1.10. The van der Waals surface area contributed by atoms with Crippen LogP contribution in [0.1, 0.15) is 31.9 Å². The Balaban J connectivity index is 0.000000113. The fourth-order valence-corrected chi connectivity index (χ4v) is 21.3. The average Bonchev–Trinajstić information content (AvgIpc) is 1.60. The number of ether oxygens (including phenoxy) is 2. The number of fused-ring (bicyclic) bond motifs is 15. The standard InChI is InChI=1S/C18H13N.C18H15N.C14H13NS.C14H13N.C14H15N.C13H10.C12H8S.C12H10S.C10H8.C8H10O2.C6H6/c1-2-8-14(9-3-1)19-17-12-6-4-10-15(17)16-11-5-7-13-18(16)19;1-4-10-16(11-5-1)19(17-12-6-2-7-13-17)18-14-8-3-9-15-18;1-2-15-11-7-3-5-9-13(11)16-14-10-6-4-8-12(14)15;1-2-15-13-9-5-3-7-11(13)12-8-4-6-10-14(12)15;1-2-15(13-9-5-3-6-10-13)14-11-7-4-8-12-14;1-3-7-12-10(5-1)9-11-6-2-4-8-13(11)12;1-3-7-11-9(5-1)10-6-2-4-8-12(10)13-11;1-3-7-11(8-4-1)13-12-9-5-2-6-10-12;1-2-6-10-8-4-3-7-9(10)5-1;1-9-7-3-5-8(10-2)6-4-7;1-2-4-6-5-3-1/h1-13H;1-15H;3-10H,2H2,1H3;3-10H,2H2,1H3;3-12H,2H2,1H3;1-8H,9H2;1-8H;1-10H;1-8H;3-6H,1-2H3;1-6H. The van der Waals surface area contributed by atoms with Crippen LogP contribution in [0, 0.1) is 0 Å². The van der Waals surface area contributed by atoms with Crippen molar-refractivity contribution in [3.63, 3.8) is 0 Å². The van der Waals surface area contributed by atoms with Gasteiger partial charge >= 0.3 is 0 Å². The highest BCUT2D eigenvalue weighted by atomic mass is 32.2. The molecule has 25 aromatic rings. The van der Waals surface area contributed by atoms with Crippen LogP contribution in [0.2, 0.25) is 0 Å². The average molecular weight is 1990 g/mol. The van der Waals surface area contributed by atoms with Crippen LogP contribution in [-0.4, -0.2) is 36.4 Å². The first kappa shape index (κ1) is 103. The molecular formula is C139H121N5O2S3. The number of nitrogens with zero attached hydrogens (tertiary/aromatic N) is 5. The molecule has 0 amide bonds. The number of anilines is 7. The van der Waals surface area contributed by atoms with E-state index in [1.165, 1.54) is 162 Å². The lowest BCUT2D eigenvalue weighted by Crippen LogP contribution is -2.19. The van der Waals surface area contributed by atoms with E-state index in [1.807, 2.05) is 126 Å². The van der Waals surface area contributed by atoms with Gasteiger partial charge in [-0.1, -0.05) is 436 Å². The fraction of sp³-hybridized carbons (Fsp3) is 0.0647. The quantitative estimate of drug-likeness (QED) is 0.114. The van der Waals surface area contributed by atoms with E-state index in [-0.39, 0.29) is 0 Å². The van der Waals surface area contributed by atoms with E-state index < -0.39 is 0 Å². The summed E-state index contributed by atoms with van der Waals surface area (Å²) in [6, 6.07) is 206. The monoisotopic (exact) mass is 1990 g/mol. The molecule has 27 rings (SSSR count). The highest BCUT2D eigenvalue weighted by Gasteiger charge is 2.22. The van der Waals surface area contributed by atoms with Crippen molar-refractivity contribution >= 4 is 149 Å². The molecule has 0 radical (unpaired) electrons. The van der Waals surface area contributed by atoms with Crippen molar-refractivity contribution in [1.82, 2.24) is 9.13 Å². The molecule has 0 saturated heterocycles. The van der Waals surface area contributed by atoms with E-state index in [0.29, 0.717) is 0 Å². The van der Waals surface area contributed by atoms with E-state index in [0.717, 1.165) is 37.6 Å². The second kappa shape index (κ2) is 54.5. The zero-order valence-electron chi connectivity index (χ0n) is 84.7. The maximum absolute atomic E-state index is 4.96. The zero-order chi connectivity index (χ0) is 102. The van der Waals surface area contributed by atoms with Crippen molar-refractivity contribution < 1.29 is 9.47 Å². The third-order valence-electron chi connectivity index (χ3n) is 25.3. The van der Waals surface area contributed by atoms with Crippen LogP contribution in [0.3, 0.4) is 0 Å². The summed E-state index contributed by atoms with van der Waals surface area (Å²) in [4.78, 5) is 12.2. The first-order valence-electron chi connectivity index (χ1n) is 50.7. The number of aryl methyl sites for hydroxylation is 1. The SMILES string of the molecule is CCN(c1ccccc1)c1ccccc1.CCN1c2ccccc2Sc2ccccc21.CCn1c2ccccc2c2ccccc21.COc1ccc(OC)cc1.c1ccc(-n2c3ccccc3c3ccccc32)cc1.c1ccc(N(c2ccccc2)c2ccccc2)cc1.c1ccc(Sc2ccccc2)cc1.c1ccc2c(c1)Cc1ccccc1-2.c1ccc2c(c1)sc1ccccc12.c1ccc2ccccc2c1.c1ccccc1. The number of aromatic nitrogens is 2. The van der Waals surface area contributed by atoms with Gasteiger partial charge in [0.15, 0.2) is 0 Å². The third kappa shape index (κ3) is 27.4. The first-order valence-corrected chi connectivity index (χ1v) is 53.1.